The van der Waals surface area contributed by atoms with Crippen molar-refractivity contribution in [3.05, 3.63) is 65.4 Å². The molecule has 208 valence electrons. The van der Waals surface area contributed by atoms with Crippen LogP contribution in [0, 0.1) is 0 Å². The van der Waals surface area contributed by atoms with E-state index in [0.29, 0.717) is 22.5 Å². The number of nitrogens with zero attached hydrogens (tertiary/aromatic N) is 4. The maximum atomic E-state index is 6.21. The molecule has 0 atom stereocenters. The lowest BCUT2D eigenvalue weighted by molar-refractivity contribution is 0.415. The van der Waals surface area contributed by atoms with Gasteiger partial charge in [0.25, 0.3) is 0 Å². The number of ether oxygens (including phenoxy) is 1. The fraction of sp³-hybridized carbons (Fsp3) is 0.357. The number of hydrogen-bond acceptors (Lipinski definition) is 8. The Morgan fingerprint density at radius 2 is 1.38 bits per heavy atom. The van der Waals surface area contributed by atoms with Crippen LogP contribution >= 0.6 is 69.1 Å². The molecule has 0 unspecified atom stereocenters. The number of aromatic nitrogens is 4. The van der Waals surface area contributed by atoms with Gasteiger partial charge >= 0.3 is 0 Å². The fourth-order valence-electron chi connectivity index (χ4n) is 5.35. The van der Waals surface area contributed by atoms with Gasteiger partial charge in [-0.2, -0.15) is 0 Å². The standard InChI is InChI=1S/C18H17Cl2N3OS.C10H8Cl2N2S/c1-24-13-7-6-10(8-12(13)19)9-21-16-15-11-4-2-3-5-14(11)25-17(15)23-18(20)22-16;11-8-7-5-3-1-2-4-6(5)15-9(7)14-10(12)13-8/h6-8H,2-5,9H2,1H3,(H,21,22,23);1-4H2. The van der Waals surface area contributed by atoms with E-state index in [9.17, 15) is 0 Å². The lowest BCUT2D eigenvalue weighted by Crippen LogP contribution is -2.05. The van der Waals surface area contributed by atoms with Crippen LogP contribution in [0.3, 0.4) is 0 Å². The molecule has 6 nitrogen and oxygen atoms in total. The third kappa shape index (κ3) is 5.72. The molecule has 12 heteroatoms. The number of benzene rings is 1. The second-order valence-electron chi connectivity index (χ2n) is 9.73. The smallest absolute Gasteiger partial charge is 0.225 e. The number of aryl methyl sites for hydroxylation is 4. The normalized spacial score (nSPS) is 14.4. The van der Waals surface area contributed by atoms with E-state index in [1.807, 2.05) is 18.2 Å². The van der Waals surface area contributed by atoms with Crippen LogP contribution in [0.15, 0.2) is 18.2 Å². The van der Waals surface area contributed by atoms with E-state index in [-0.39, 0.29) is 10.6 Å². The lowest BCUT2D eigenvalue weighted by Gasteiger charge is -2.13. The van der Waals surface area contributed by atoms with Crippen molar-refractivity contribution < 1.29 is 4.74 Å². The third-order valence-electron chi connectivity index (χ3n) is 7.21. The Hall–Kier alpha value is -1.94. The summed E-state index contributed by atoms with van der Waals surface area (Å²) in [6.45, 7) is 0.608. The molecular weight excluding hydrogens is 628 g/mol. The molecule has 1 aromatic carbocycles. The van der Waals surface area contributed by atoms with Crippen molar-refractivity contribution in [3.63, 3.8) is 0 Å². The Labute approximate surface area is 260 Å². The Balaban J connectivity index is 0.000000164. The number of thiophene rings is 2. The zero-order valence-corrected chi connectivity index (χ0v) is 26.3. The first-order valence-electron chi connectivity index (χ1n) is 13.1. The predicted octanol–water partition coefficient (Wildman–Crippen LogP) is 9.37. The highest BCUT2D eigenvalue weighted by Crippen LogP contribution is 2.40. The number of fused-ring (bicyclic) bond motifs is 6. The zero-order chi connectivity index (χ0) is 27.8. The summed E-state index contributed by atoms with van der Waals surface area (Å²) in [5.41, 5.74) is 3.79. The molecule has 0 fully saturated rings. The van der Waals surface area contributed by atoms with Crippen molar-refractivity contribution >= 4 is 95.3 Å². The van der Waals surface area contributed by atoms with Crippen LogP contribution in [0.4, 0.5) is 5.82 Å². The van der Waals surface area contributed by atoms with Crippen LogP contribution in [0.5, 0.6) is 5.75 Å². The molecule has 1 N–H and O–H groups in total. The number of anilines is 1. The Morgan fingerprint density at radius 1 is 0.775 bits per heavy atom. The van der Waals surface area contributed by atoms with Crippen molar-refractivity contribution in [3.8, 4) is 5.75 Å². The van der Waals surface area contributed by atoms with Gasteiger partial charge in [-0.15, -0.1) is 22.7 Å². The molecule has 7 rings (SSSR count). The summed E-state index contributed by atoms with van der Waals surface area (Å²) in [6.07, 6.45) is 9.41. The number of methoxy groups -OCH3 is 1. The van der Waals surface area contributed by atoms with E-state index in [2.05, 4.69) is 25.3 Å². The Bertz CT molecular complexity index is 1720. The molecule has 0 bridgehead atoms. The third-order valence-corrected chi connectivity index (χ3v) is 10.5. The second-order valence-corrected chi connectivity index (χ2v) is 13.3. The van der Waals surface area contributed by atoms with Crippen molar-refractivity contribution in [1.29, 1.82) is 0 Å². The van der Waals surface area contributed by atoms with E-state index in [0.717, 1.165) is 57.5 Å². The first kappa shape index (κ1) is 28.2. The van der Waals surface area contributed by atoms with Crippen molar-refractivity contribution in [2.45, 2.75) is 57.9 Å². The fourth-order valence-corrected chi connectivity index (χ4v) is 8.98. The van der Waals surface area contributed by atoms with Crippen LogP contribution in [0.1, 0.15) is 52.1 Å². The average Bonchev–Trinajstić information content (AvgIpc) is 3.50. The average molecular weight is 653 g/mol. The molecule has 4 aromatic heterocycles. The largest absolute Gasteiger partial charge is 0.495 e. The molecule has 2 aliphatic carbocycles. The van der Waals surface area contributed by atoms with Crippen molar-refractivity contribution in [2.24, 2.45) is 0 Å². The molecule has 0 saturated heterocycles. The number of halogens is 4. The summed E-state index contributed by atoms with van der Waals surface area (Å²) >= 11 is 27.7. The molecule has 5 aromatic rings. The molecule has 4 heterocycles. The lowest BCUT2D eigenvalue weighted by atomic mass is 9.97. The monoisotopic (exact) mass is 651 g/mol. The van der Waals surface area contributed by atoms with Gasteiger partial charge in [0, 0.05) is 16.3 Å². The Kier molecular flexibility index (Phi) is 8.54. The van der Waals surface area contributed by atoms with Gasteiger partial charge < -0.3 is 10.1 Å². The molecule has 0 aliphatic heterocycles. The number of nitrogens with one attached hydrogen (secondary N) is 1. The minimum absolute atomic E-state index is 0.242. The summed E-state index contributed by atoms with van der Waals surface area (Å²) < 4.78 is 5.20. The van der Waals surface area contributed by atoms with Gasteiger partial charge in [-0.25, -0.2) is 19.9 Å². The maximum Gasteiger partial charge on any atom is 0.225 e. The minimum Gasteiger partial charge on any atom is -0.495 e. The van der Waals surface area contributed by atoms with E-state index in [1.165, 1.54) is 46.6 Å². The second kappa shape index (κ2) is 12.1. The molecule has 0 amide bonds. The quantitative estimate of drug-likeness (QED) is 0.154. The van der Waals surface area contributed by atoms with Crippen molar-refractivity contribution in [2.75, 3.05) is 12.4 Å². The van der Waals surface area contributed by atoms with Crippen LogP contribution in [0.25, 0.3) is 20.4 Å². The molecule has 40 heavy (non-hydrogen) atoms. The predicted molar refractivity (Wildman–Crippen MR) is 168 cm³/mol. The van der Waals surface area contributed by atoms with Gasteiger partial charge in [0.2, 0.25) is 10.6 Å². The van der Waals surface area contributed by atoms with Gasteiger partial charge in [0.1, 0.15) is 26.4 Å². The molecule has 0 radical (unpaired) electrons. The Morgan fingerprint density at radius 3 is 2.02 bits per heavy atom. The molecular formula is C28H25Cl4N5OS2. The summed E-state index contributed by atoms with van der Waals surface area (Å²) in [5.74, 6) is 1.48. The molecule has 0 spiro atoms. The van der Waals surface area contributed by atoms with Crippen molar-refractivity contribution in [1.82, 2.24) is 19.9 Å². The van der Waals surface area contributed by atoms with Crippen LogP contribution in [-0.2, 0) is 32.2 Å². The van der Waals surface area contributed by atoms with E-state index < -0.39 is 0 Å². The van der Waals surface area contributed by atoms with Crippen LogP contribution in [-0.4, -0.2) is 27.0 Å². The minimum atomic E-state index is 0.242. The summed E-state index contributed by atoms with van der Waals surface area (Å²) in [4.78, 5) is 21.9. The van der Waals surface area contributed by atoms with Gasteiger partial charge in [-0.05, 0) is 103 Å². The van der Waals surface area contributed by atoms with E-state index in [1.54, 1.807) is 29.8 Å². The van der Waals surface area contributed by atoms with E-state index >= 15 is 0 Å². The molecule has 2 aliphatic rings. The maximum absolute atomic E-state index is 6.21. The van der Waals surface area contributed by atoms with Gasteiger partial charge in [0.15, 0.2) is 0 Å². The highest BCUT2D eigenvalue weighted by molar-refractivity contribution is 7.19. The first-order chi connectivity index (χ1) is 19.4. The van der Waals surface area contributed by atoms with Crippen LogP contribution in [0.2, 0.25) is 20.7 Å². The highest BCUT2D eigenvalue weighted by Gasteiger charge is 2.21. The van der Waals surface area contributed by atoms with Gasteiger partial charge in [-0.1, -0.05) is 29.3 Å². The SMILES string of the molecule is COc1ccc(CNc2nc(Cl)nc3sc4c(c23)CCCC4)cc1Cl.Clc1nc(Cl)c2c3c(sc2n1)CCCC3. The molecule has 0 saturated carbocycles. The topological polar surface area (TPSA) is 72.8 Å². The number of hydrogen-bond donors (Lipinski definition) is 1. The van der Waals surface area contributed by atoms with Crippen LogP contribution < -0.4 is 10.1 Å². The summed E-state index contributed by atoms with van der Waals surface area (Å²) in [6, 6.07) is 5.76. The zero-order valence-electron chi connectivity index (χ0n) is 21.6. The number of rotatable bonds is 4. The highest BCUT2D eigenvalue weighted by atomic mass is 35.5. The van der Waals surface area contributed by atoms with Gasteiger partial charge in [0.05, 0.1) is 22.9 Å². The summed E-state index contributed by atoms with van der Waals surface area (Å²) in [7, 11) is 1.61. The van der Waals surface area contributed by atoms with E-state index in [4.69, 9.17) is 51.1 Å². The summed E-state index contributed by atoms with van der Waals surface area (Å²) in [5, 5.41) is 7.20. The first-order valence-corrected chi connectivity index (χ1v) is 16.2. The van der Waals surface area contributed by atoms with Gasteiger partial charge in [-0.3, -0.25) is 0 Å².